The van der Waals surface area contributed by atoms with E-state index in [4.69, 9.17) is 9.84 Å². The van der Waals surface area contributed by atoms with Crippen molar-refractivity contribution >= 4 is 5.97 Å². The van der Waals surface area contributed by atoms with Crippen LogP contribution in [0.25, 0.3) is 0 Å². The number of hydrogen-bond donors (Lipinski definition) is 1. The van der Waals surface area contributed by atoms with Crippen LogP contribution in [-0.2, 0) is 9.53 Å². The highest BCUT2D eigenvalue weighted by Crippen LogP contribution is 2.19. The number of allylic oxidation sites excluding steroid dienone is 2. The number of carbonyl (C=O) groups excluding carboxylic acids is 1. The van der Waals surface area contributed by atoms with Gasteiger partial charge in [0.15, 0.2) is 0 Å². The van der Waals surface area contributed by atoms with Crippen molar-refractivity contribution < 1.29 is 14.6 Å². The van der Waals surface area contributed by atoms with E-state index in [-0.39, 0.29) is 25.1 Å². The highest BCUT2D eigenvalue weighted by Gasteiger charge is 2.19. The molecule has 0 radical (unpaired) electrons. The summed E-state index contributed by atoms with van der Waals surface area (Å²) in [6.45, 7) is 0.0351. The number of aliphatic hydroxyl groups excluding tert-OH is 1. The number of carbonyl (C=O) groups is 1. The second kappa shape index (κ2) is 4.93. The predicted molar refractivity (Wildman–Crippen MR) is 44.5 cm³/mol. The number of esters is 1. The Balaban J connectivity index is 2.26. The summed E-state index contributed by atoms with van der Waals surface area (Å²) in [6, 6.07) is 0. The summed E-state index contributed by atoms with van der Waals surface area (Å²) >= 11 is 0. The molecule has 1 aliphatic rings. The summed E-state index contributed by atoms with van der Waals surface area (Å²) in [5.41, 5.74) is 0. The van der Waals surface area contributed by atoms with Crippen molar-refractivity contribution in [3.63, 3.8) is 0 Å². The van der Waals surface area contributed by atoms with E-state index in [1.807, 2.05) is 6.08 Å². The van der Waals surface area contributed by atoms with E-state index in [0.29, 0.717) is 0 Å². The van der Waals surface area contributed by atoms with Crippen LogP contribution in [0.3, 0.4) is 0 Å². The Labute approximate surface area is 72.0 Å². The van der Waals surface area contributed by atoms with Crippen LogP contribution < -0.4 is 0 Å². The van der Waals surface area contributed by atoms with Crippen LogP contribution in [-0.4, -0.2) is 24.3 Å². The zero-order valence-electron chi connectivity index (χ0n) is 7.03. The first kappa shape index (κ1) is 9.26. The van der Waals surface area contributed by atoms with Crippen LogP contribution in [0.5, 0.6) is 0 Å². The minimum absolute atomic E-state index is 0.0153. The lowest BCUT2D eigenvalue weighted by Gasteiger charge is -2.15. The van der Waals surface area contributed by atoms with E-state index in [2.05, 4.69) is 6.08 Å². The molecule has 0 bridgehead atoms. The van der Waals surface area contributed by atoms with Crippen LogP contribution in [0, 0.1) is 5.92 Å². The third-order valence-corrected chi connectivity index (χ3v) is 1.94. The molecule has 0 aliphatic heterocycles. The molecule has 0 saturated carbocycles. The highest BCUT2D eigenvalue weighted by atomic mass is 16.5. The van der Waals surface area contributed by atoms with Gasteiger partial charge in [-0.25, -0.2) is 0 Å². The minimum Gasteiger partial charge on any atom is -0.463 e. The topological polar surface area (TPSA) is 46.5 Å². The summed E-state index contributed by atoms with van der Waals surface area (Å²) in [6.07, 6.45) is 6.70. The van der Waals surface area contributed by atoms with Crippen molar-refractivity contribution in [2.24, 2.45) is 5.92 Å². The molecule has 1 unspecified atom stereocenters. The predicted octanol–water partition coefficient (Wildman–Crippen LogP) is 0.878. The summed E-state index contributed by atoms with van der Waals surface area (Å²) in [5, 5.41) is 8.42. The Morgan fingerprint density at radius 3 is 3.00 bits per heavy atom. The molecule has 0 saturated heterocycles. The van der Waals surface area contributed by atoms with Gasteiger partial charge in [-0.1, -0.05) is 12.2 Å². The Morgan fingerprint density at radius 1 is 1.58 bits per heavy atom. The second-order valence-corrected chi connectivity index (χ2v) is 2.87. The number of rotatable bonds is 3. The Bertz CT molecular complexity index is 175. The fourth-order valence-electron chi connectivity index (χ4n) is 1.27. The maximum absolute atomic E-state index is 11.2. The van der Waals surface area contributed by atoms with Crippen molar-refractivity contribution in [2.45, 2.75) is 19.3 Å². The SMILES string of the molecule is O=C(OCCO)C1CC=CCC1. The van der Waals surface area contributed by atoms with Gasteiger partial charge in [0, 0.05) is 0 Å². The van der Waals surface area contributed by atoms with Crippen molar-refractivity contribution in [2.75, 3.05) is 13.2 Å². The van der Waals surface area contributed by atoms with Crippen LogP contribution in [0.15, 0.2) is 12.2 Å². The molecule has 0 aromatic heterocycles. The van der Waals surface area contributed by atoms with Gasteiger partial charge in [-0.3, -0.25) is 4.79 Å². The van der Waals surface area contributed by atoms with Crippen LogP contribution in [0.4, 0.5) is 0 Å². The molecule has 1 aliphatic carbocycles. The molecular formula is C9H14O3. The zero-order valence-corrected chi connectivity index (χ0v) is 7.03. The number of hydrogen-bond acceptors (Lipinski definition) is 3. The van der Waals surface area contributed by atoms with Crippen molar-refractivity contribution in [1.82, 2.24) is 0 Å². The third kappa shape index (κ3) is 2.66. The molecule has 0 fully saturated rings. The molecule has 0 amide bonds. The Hall–Kier alpha value is -0.830. The monoisotopic (exact) mass is 170 g/mol. The van der Waals surface area contributed by atoms with Gasteiger partial charge >= 0.3 is 5.97 Å². The maximum Gasteiger partial charge on any atom is 0.309 e. The van der Waals surface area contributed by atoms with Gasteiger partial charge in [-0.05, 0) is 19.3 Å². The molecule has 3 heteroatoms. The third-order valence-electron chi connectivity index (χ3n) is 1.94. The maximum atomic E-state index is 11.2. The van der Waals surface area contributed by atoms with Gasteiger partial charge in [-0.15, -0.1) is 0 Å². The van der Waals surface area contributed by atoms with Crippen LogP contribution in [0.2, 0.25) is 0 Å². The number of ether oxygens (including phenoxy) is 1. The van der Waals surface area contributed by atoms with Gasteiger partial charge in [0.05, 0.1) is 12.5 Å². The average Bonchev–Trinajstić information content (AvgIpc) is 2.15. The first-order valence-corrected chi connectivity index (χ1v) is 4.27. The molecule has 1 atom stereocenters. The summed E-state index contributed by atoms with van der Waals surface area (Å²) in [4.78, 5) is 11.2. The molecule has 0 aromatic carbocycles. The lowest BCUT2D eigenvalue weighted by atomic mass is 9.95. The lowest BCUT2D eigenvalue weighted by Crippen LogP contribution is -2.20. The molecule has 3 nitrogen and oxygen atoms in total. The Kier molecular flexibility index (Phi) is 3.80. The average molecular weight is 170 g/mol. The molecule has 0 heterocycles. The smallest absolute Gasteiger partial charge is 0.309 e. The van der Waals surface area contributed by atoms with E-state index >= 15 is 0 Å². The van der Waals surface area contributed by atoms with E-state index < -0.39 is 0 Å². The van der Waals surface area contributed by atoms with Gasteiger partial charge in [-0.2, -0.15) is 0 Å². The summed E-state index contributed by atoms with van der Waals surface area (Å²) in [5.74, 6) is -0.157. The molecule has 0 aromatic rings. The van der Waals surface area contributed by atoms with Crippen LogP contribution in [0.1, 0.15) is 19.3 Å². The standard InChI is InChI=1S/C9H14O3/c10-6-7-12-9(11)8-4-2-1-3-5-8/h1-2,8,10H,3-7H2. The first-order valence-electron chi connectivity index (χ1n) is 4.27. The second-order valence-electron chi connectivity index (χ2n) is 2.87. The van der Waals surface area contributed by atoms with Crippen molar-refractivity contribution in [1.29, 1.82) is 0 Å². The van der Waals surface area contributed by atoms with E-state index in [1.54, 1.807) is 0 Å². The normalized spacial score (nSPS) is 22.2. The largest absolute Gasteiger partial charge is 0.463 e. The Morgan fingerprint density at radius 2 is 2.42 bits per heavy atom. The zero-order chi connectivity index (χ0) is 8.81. The molecule has 1 rings (SSSR count). The van der Waals surface area contributed by atoms with Gasteiger partial charge in [0.25, 0.3) is 0 Å². The fraction of sp³-hybridized carbons (Fsp3) is 0.667. The van der Waals surface area contributed by atoms with E-state index in [0.717, 1.165) is 19.3 Å². The lowest BCUT2D eigenvalue weighted by molar-refractivity contribution is -0.149. The molecule has 0 spiro atoms. The van der Waals surface area contributed by atoms with Crippen molar-refractivity contribution in [3.05, 3.63) is 12.2 Å². The molecule has 1 N–H and O–H groups in total. The summed E-state index contributed by atoms with van der Waals surface area (Å²) in [7, 11) is 0. The fourth-order valence-corrected chi connectivity index (χ4v) is 1.27. The highest BCUT2D eigenvalue weighted by molar-refractivity contribution is 5.72. The van der Waals surface area contributed by atoms with Gasteiger partial charge in [0.1, 0.15) is 6.61 Å². The number of aliphatic hydroxyl groups is 1. The molecule has 12 heavy (non-hydrogen) atoms. The molecular weight excluding hydrogens is 156 g/mol. The van der Waals surface area contributed by atoms with Crippen LogP contribution >= 0.6 is 0 Å². The first-order chi connectivity index (χ1) is 5.84. The van der Waals surface area contributed by atoms with Gasteiger partial charge < -0.3 is 9.84 Å². The minimum atomic E-state index is -0.173. The quantitative estimate of drug-likeness (QED) is 0.505. The van der Waals surface area contributed by atoms with E-state index in [1.165, 1.54) is 0 Å². The molecule has 68 valence electrons. The van der Waals surface area contributed by atoms with Crippen molar-refractivity contribution in [3.8, 4) is 0 Å². The summed E-state index contributed by atoms with van der Waals surface area (Å²) < 4.78 is 4.81. The van der Waals surface area contributed by atoms with E-state index in [9.17, 15) is 4.79 Å². The van der Waals surface area contributed by atoms with Gasteiger partial charge in [0.2, 0.25) is 0 Å².